The molecule has 0 aliphatic heterocycles. The smallest absolute Gasteiger partial charge is 0.228 e. The van der Waals surface area contributed by atoms with Crippen molar-refractivity contribution in [3.05, 3.63) is 12.2 Å². The lowest BCUT2D eigenvalue weighted by molar-refractivity contribution is 0.511. The Hall–Kier alpha value is -0.590. The first kappa shape index (κ1) is 14.4. The van der Waals surface area contributed by atoms with Crippen LogP contribution in [-0.2, 0) is 4.79 Å². The summed E-state index contributed by atoms with van der Waals surface area (Å²) < 4.78 is 0. The molecule has 0 saturated heterocycles. The summed E-state index contributed by atoms with van der Waals surface area (Å²) in [7, 11) is 0. The third-order valence-corrected chi connectivity index (χ3v) is 2.65. The van der Waals surface area contributed by atoms with Gasteiger partial charge >= 0.3 is 0 Å². The number of hydrogen-bond donors (Lipinski definition) is 0. The number of unbranched alkanes of at least 4 members (excludes halogenated alkanes) is 5. The molecule has 0 amide bonds. The Morgan fingerprint density at radius 2 is 1.60 bits per heavy atom. The maximum absolute atomic E-state index is 10.1. The minimum atomic E-state index is 0.620. The van der Waals surface area contributed by atoms with Gasteiger partial charge in [-0.05, 0) is 24.3 Å². The standard InChI is InChI=1S/C14H25O/c1-13(2)10-8-6-4-5-7-9-11-14(3)12-15/h13H,3-11H2,1-2H3. The highest BCUT2D eigenvalue weighted by Crippen LogP contribution is 2.12. The normalized spacial score (nSPS) is 10.6. The van der Waals surface area contributed by atoms with E-state index in [0.717, 1.165) is 18.8 Å². The summed E-state index contributed by atoms with van der Waals surface area (Å²) in [6.07, 6.45) is 11.7. The van der Waals surface area contributed by atoms with E-state index in [1.165, 1.54) is 38.5 Å². The molecule has 0 heterocycles. The van der Waals surface area contributed by atoms with Gasteiger partial charge < -0.3 is 0 Å². The molecule has 0 atom stereocenters. The highest BCUT2D eigenvalue weighted by molar-refractivity contribution is 5.72. The van der Waals surface area contributed by atoms with Crippen LogP contribution >= 0.6 is 0 Å². The Bertz CT molecular complexity index is 170. The summed E-state index contributed by atoms with van der Waals surface area (Å²) in [5.41, 5.74) is 0.620. The highest BCUT2D eigenvalue weighted by Gasteiger charge is 1.96. The fourth-order valence-corrected chi connectivity index (χ4v) is 1.65. The van der Waals surface area contributed by atoms with Crippen LogP contribution in [0.1, 0.15) is 65.2 Å². The van der Waals surface area contributed by atoms with Gasteiger partial charge in [0.05, 0.1) is 0 Å². The topological polar surface area (TPSA) is 17.1 Å². The monoisotopic (exact) mass is 209 g/mol. The van der Waals surface area contributed by atoms with Gasteiger partial charge in [-0.1, -0.05) is 59.0 Å². The zero-order valence-corrected chi connectivity index (χ0v) is 10.3. The molecule has 0 aliphatic rings. The van der Waals surface area contributed by atoms with Crippen molar-refractivity contribution in [3.63, 3.8) is 0 Å². The van der Waals surface area contributed by atoms with Gasteiger partial charge in [0.25, 0.3) is 0 Å². The molecule has 0 aromatic rings. The van der Waals surface area contributed by atoms with Crippen LogP contribution in [0.25, 0.3) is 0 Å². The molecular formula is C14H25O. The molecule has 0 aromatic carbocycles. The largest absolute Gasteiger partial charge is 0.285 e. The van der Waals surface area contributed by atoms with E-state index >= 15 is 0 Å². The lowest BCUT2D eigenvalue weighted by atomic mass is 10.0. The summed E-state index contributed by atoms with van der Waals surface area (Å²) in [5, 5.41) is 0. The van der Waals surface area contributed by atoms with E-state index in [1.54, 1.807) is 0 Å². The van der Waals surface area contributed by atoms with Crippen LogP contribution in [-0.4, -0.2) is 6.29 Å². The Morgan fingerprint density at radius 3 is 2.13 bits per heavy atom. The second-order valence-corrected chi connectivity index (χ2v) is 4.76. The Kier molecular flexibility index (Phi) is 9.55. The molecule has 1 heteroatoms. The first-order valence-corrected chi connectivity index (χ1v) is 6.22. The molecule has 87 valence electrons. The molecule has 0 fully saturated rings. The van der Waals surface area contributed by atoms with Gasteiger partial charge in [0, 0.05) is 0 Å². The molecule has 0 aromatic heterocycles. The van der Waals surface area contributed by atoms with E-state index in [0.29, 0.717) is 5.57 Å². The second kappa shape index (κ2) is 9.95. The summed E-state index contributed by atoms with van der Waals surface area (Å²) in [5.74, 6) is 0.844. The Labute approximate surface area is 95.0 Å². The second-order valence-electron chi connectivity index (χ2n) is 4.76. The van der Waals surface area contributed by atoms with Crippen molar-refractivity contribution in [3.8, 4) is 0 Å². The molecule has 15 heavy (non-hydrogen) atoms. The molecule has 1 nitrogen and oxygen atoms in total. The summed E-state index contributed by atoms with van der Waals surface area (Å²) in [6.45, 7) is 8.17. The van der Waals surface area contributed by atoms with Gasteiger partial charge in [-0.15, -0.1) is 0 Å². The summed E-state index contributed by atoms with van der Waals surface area (Å²) >= 11 is 0. The number of allylic oxidation sites excluding steroid dienone is 1. The van der Waals surface area contributed by atoms with Crippen molar-refractivity contribution >= 4 is 6.29 Å². The average molecular weight is 209 g/mol. The van der Waals surface area contributed by atoms with E-state index < -0.39 is 0 Å². The predicted molar refractivity (Wildman–Crippen MR) is 66.6 cm³/mol. The van der Waals surface area contributed by atoms with E-state index in [1.807, 2.05) is 6.29 Å². The fourth-order valence-electron chi connectivity index (χ4n) is 1.65. The third-order valence-electron chi connectivity index (χ3n) is 2.65. The molecule has 0 N–H and O–H groups in total. The number of rotatable bonds is 10. The lowest BCUT2D eigenvalue weighted by Gasteiger charge is -2.04. The minimum Gasteiger partial charge on any atom is -0.285 e. The first-order chi connectivity index (χ1) is 7.16. The van der Waals surface area contributed by atoms with Gasteiger partial charge in [-0.25, -0.2) is 0 Å². The lowest BCUT2D eigenvalue weighted by Crippen LogP contribution is -1.87. The summed E-state index contributed by atoms with van der Waals surface area (Å²) in [4.78, 5) is 10.1. The van der Waals surface area contributed by atoms with Crippen molar-refractivity contribution in [2.75, 3.05) is 0 Å². The highest BCUT2D eigenvalue weighted by atomic mass is 16.1. The van der Waals surface area contributed by atoms with Crippen LogP contribution in [0.2, 0.25) is 0 Å². The SMILES string of the molecule is C=C([C]=O)CCCCCCCCC(C)C. The van der Waals surface area contributed by atoms with Crippen LogP contribution in [0.15, 0.2) is 12.2 Å². The van der Waals surface area contributed by atoms with Crippen molar-refractivity contribution in [1.82, 2.24) is 0 Å². The van der Waals surface area contributed by atoms with Crippen LogP contribution in [0.5, 0.6) is 0 Å². The van der Waals surface area contributed by atoms with Gasteiger partial charge in [0.2, 0.25) is 6.29 Å². The van der Waals surface area contributed by atoms with Gasteiger partial charge in [0.1, 0.15) is 0 Å². The van der Waals surface area contributed by atoms with Gasteiger partial charge in [0.15, 0.2) is 0 Å². The quantitative estimate of drug-likeness (QED) is 0.384. The zero-order chi connectivity index (χ0) is 11.5. The van der Waals surface area contributed by atoms with E-state index in [4.69, 9.17) is 0 Å². The zero-order valence-electron chi connectivity index (χ0n) is 10.3. The minimum absolute atomic E-state index is 0.620. The van der Waals surface area contributed by atoms with Gasteiger partial charge in [-0.3, -0.25) is 4.79 Å². The maximum atomic E-state index is 10.1. The van der Waals surface area contributed by atoms with E-state index in [-0.39, 0.29) is 0 Å². The van der Waals surface area contributed by atoms with Gasteiger partial charge in [-0.2, -0.15) is 0 Å². The van der Waals surface area contributed by atoms with Crippen LogP contribution in [0, 0.1) is 5.92 Å². The van der Waals surface area contributed by atoms with Crippen molar-refractivity contribution in [2.45, 2.75) is 65.2 Å². The predicted octanol–water partition coefficient (Wildman–Crippen LogP) is 4.43. The van der Waals surface area contributed by atoms with Crippen LogP contribution in [0.3, 0.4) is 0 Å². The van der Waals surface area contributed by atoms with Crippen LogP contribution in [0.4, 0.5) is 0 Å². The first-order valence-electron chi connectivity index (χ1n) is 6.22. The fraction of sp³-hybridized carbons (Fsp3) is 0.786. The van der Waals surface area contributed by atoms with Crippen LogP contribution < -0.4 is 0 Å². The number of carbonyl (C=O) groups excluding carboxylic acids is 1. The summed E-state index contributed by atoms with van der Waals surface area (Å²) in [6, 6.07) is 0. The number of hydrogen-bond acceptors (Lipinski definition) is 1. The van der Waals surface area contributed by atoms with E-state index in [9.17, 15) is 4.79 Å². The van der Waals surface area contributed by atoms with E-state index in [2.05, 4.69) is 20.4 Å². The van der Waals surface area contributed by atoms with Crippen molar-refractivity contribution in [1.29, 1.82) is 0 Å². The molecule has 0 rings (SSSR count). The molecule has 0 saturated carbocycles. The third kappa shape index (κ3) is 11.3. The molecule has 1 radical (unpaired) electrons. The molecular weight excluding hydrogens is 184 g/mol. The molecule has 0 spiro atoms. The molecule has 0 bridgehead atoms. The maximum Gasteiger partial charge on any atom is 0.228 e. The van der Waals surface area contributed by atoms with Crippen molar-refractivity contribution in [2.24, 2.45) is 5.92 Å². The van der Waals surface area contributed by atoms with Crippen molar-refractivity contribution < 1.29 is 4.79 Å². The average Bonchev–Trinajstić information content (AvgIpc) is 2.21. The Balaban J connectivity index is 3.05. The molecule has 0 aliphatic carbocycles. The Morgan fingerprint density at radius 1 is 1.07 bits per heavy atom. The molecule has 0 unspecified atom stereocenters.